The van der Waals surface area contributed by atoms with Crippen LogP contribution in [0.25, 0.3) is 10.6 Å². The van der Waals surface area contributed by atoms with Gasteiger partial charge in [0.1, 0.15) is 16.4 Å². The van der Waals surface area contributed by atoms with Gasteiger partial charge in [0.25, 0.3) is 5.91 Å². The largest absolute Gasteiger partial charge is 0.493 e. The number of anilines is 1. The number of nitrogens with one attached hydrogen (secondary N) is 1. The Bertz CT molecular complexity index is 942. The third-order valence-corrected chi connectivity index (χ3v) is 4.55. The Labute approximate surface area is 161 Å². The van der Waals surface area contributed by atoms with Crippen LogP contribution in [-0.2, 0) is 0 Å². The highest BCUT2D eigenvalue weighted by Crippen LogP contribution is 2.39. The van der Waals surface area contributed by atoms with Crippen LogP contribution >= 0.6 is 11.3 Å². The fourth-order valence-electron chi connectivity index (χ4n) is 2.48. The average molecular weight is 385 g/mol. The van der Waals surface area contributed by atoms with Gasteiger partial charge >= 0.3 is 0 Å². The molecule has 0 unspecified atom stereocenters. The number of ether oxygens (including phenoxy) is 3. The molecule has 3 rings (SSSR count). The van der Waals surface area contributed by atoms with Crippen LogP contribution in [0, 0.1) is 0 Å². The van der Waals surface area contributed by atoms with E-state index in [-0.39, 0.29) is 5.91 Å². The van der Waals surface area contributed by atoms with Gasteiger partial charge in [-0.1, -0.05) is 6.07 Å². The third kappa shape index (κ3) is 4.01. The fraction of sp³-hybridized carbons (Fsp3) is 0.211. The first kappa shape index (κ1) is 18.7. The van der Waals surface area contributed by atoms with Gasteiger partial charge in [-0.05, 0) is 31.2 Å². The van der Waals surface area contributed by atoms with Crippen LogP contribution in [0.3, 0.4) is 0 Å². The molecule has 0 saturated carbocycles. The molecule has 0 atom stereocenters. The molecule has 27 heavy (non-hydrogen) atoms. The normalized spacial score (nSPS) is 10.3. The van der Waals surface area contributed by atoms with Crippen LogP contribution in [0.2, 0.25) is 0 Å². The van der Waals surface area contributed by atoms with Crippen molar-refractivity contribution in [3.8, 4) is 28.0 Å². The van der Waals surface area contributed by atoms with Crippen LogP contribution < -0.4 is 19.5 Å². The topological polar surface area (TPSA) is 82.6 Å². The second-order valence-electron chi connectivity index (χ2n) is 5.32. The highest BCUT2D eigenvalue weighted by atomic mass is 32.1. The van der Waals surface area contributed by atoms with E-state index >= 15 is 0 Å². The van der Waals surface area contributed by atoms with Crippen molar-refractivity contribution in [2.24, 2.45) is 0 Å². The van der Waals surface area contributed by atoms with E-state index in [1.54, 1.807) is 44.0 Å². The molecule has 0 aliphatic rings. The molecular weight excluding hydrogens is 366 g/mol. The molecule has 0 fully saturated rings. The summed E-state index contributed by atoms with van der Waals surface area (Å²) in [7, 11) is 3.15. The summed E-state index contributed by atoms with van der Waals surface area (Å²) in [5.74, 6) is 1.21. The molecule has 0 aliphatic carbocycles. The molecule has 1 N–H and O–H groups in total. The van der Waals surface area contributed by atoms with Crippen LogP contribution in [0.15, 0.2) is 41.9 Å². The smallest absolute Gasteiger partial charge is 0.275 e. The maximum atomic E-state index is 12.6. The fourth-order valence-corrected chi connectivity index (χ4v) is 3.30. The molecule has 8 heteroatoms. The molecule has 7 nitrogen and oxygen atoms in total. The van der Waals surface area contributed by atoms with E-state index in [0.717, 1.165) is 5.56 Å². The number of nitrogens with zero attached hydrogens (tertiary/aromatic N) is 2. The first-order chi connectivity index (χ1) is 13.2. The number of rotatable bonds is 7. The summed E-state index contributed by atoms with van der Waals surface area (Å²) in [5, 5.41) is 5.14. The van der Waals surface area contributed by atoms with Gasteiger partial charge in [0, 0.05) is 11.6 Å². The number of thiazole rings is 1. The van der Waals surface area contributed by atoms with E-state index in [9.17, 15) is 4.79 Å². The van der Waals surface area contributed by atoms with Gasteiger partial charge in [-0.2, -0.15) is 0 Å². The number of pyridine rings is 1. The summed E-state index contributed by atoms with van der Waals surface area (Å²) >= 11 is 1.35. The number of para-hydroxylation sites is 1. The van der Waals surface area contributed by atoms with E-state index in [1.165, 1.54) is 11.3 Å². The first-order valence-corrected chi connectivity index (χ1v) is 9.12. The SMILES string of the molecule is CCOc1ncccc1NC(=O)c1csc(-c2cccc(OC)c2OC)n1. The van der Waals surface area contributed by atoms with Gasteiger partial charge in [0.15, 0.2) is 11.5 Å². The molecule has 1 amide bonds. The van der Waals surface area contributed by atoms with Gasteiger partial charge in [-0.15, -0.1) is 11.3 Å². The lowest BCUT2D eigenvalue weighted by Gasteiger charge is -2.10. The standard InChI is InChI=1S/C19H19N3O4S/c1-4-26-18-13(8-6-10-20-18)21-17(23)14-11-27-19(22-14)12-7-5-9-15(24-2)16(12)25-3/h5-11H,4H2,1-3H3,(H,21,23). The number of benzene rings is 1. The van der Waals surface area contributed by atoms with E-state index in [4.69, 9.17) is 14.2 Å². The van der Waals surface area contributed by atoms with Gasteiger partial charge in [0.05, 0.1) is 26.4 Å². The van der Waals surface area contributed by atoms with E-state index < -0.39 is 0 Å². The number of carbonyl (C=O) groups excluding carboxylic acids is 1. The van der Waals surface area contributed by atoms with Crippen molar-refractivity contribution in [2.45, 2.75) is 6.92 Å². The van der Waals surface area contributed by atoms with Crippen molar-refractivity contribution in [3.63, 3.8) is 0 Å². The van der Waals surface area contributed by atoms with Gasteiger partial charge in [-0.25, -0.2) is 9.97 Å². The lowest BCUT2D eigenvalue weighted by molar-refractivity contribution is 0.102. The molecule has 0 aliphatic heterocycles. The minimum absolute atomic E-state index is 0.297. The Morgan fingerprint density at radius 2 is 2.04 bits per heavy atom. The number of hydrogen-bond acceptors (Lipinski definition) is 7. The monoisotopic (exact) mass is 385 g/mol. The van der Waals surface area contributed by atoms with Gasteiger partial charge < -0.3 is 19.5 Å². The number of hydrogen-bond donors (Lipinski definition) is 1. The van der Waals surface area contributed by atoms with Crippen LogP contribution in [0.1, 0.15) is 17.4 Å². The number of aromatic nitrogens is 2. The van der Waals surface area contributed by atoms with Crippen molar-refractivity contribution >= 4 is 22.9 Å². The van der Waals surface area contributed by atoms with E-state index in [2.05, 4.69) is 15.3 Å². The second kappa shape index (κ2) is 8.50. The Morgan fingerprint density at radius 3 is 2.78 bits per heavy atom. The van der Waals surface area contributed by atoms with E-state index in [1.807, 2.05) is 19.1 Å². The van der Waals surface area contributed by atoms with Crippen molar-refractivity contribution in [1.29, 1.82) is 0 Å². The predicted molar refractivity (Wildman–Crippen MR) is 104 cm³/mol. The van der Waals surface area contributed by atoms with Gasteiger partial charge in [-0.3, -0.25) is 4.79 Å². The number of amides is 1. The summed E-state index contributed by atoms with van der Waals surface area (Å²) in [6.07, 6.45) is 1.61. The Balaban J connectivity index is 1.85. The summed E-state index contributed by atoms with van der Waals surface area (Å²) in [6, 6.07) is 8.99. The zero-order valence-corrected chi connectivity index (χ0v) is 16.0. The van der Waals surface area contributed by atoms with Crippen molar-refractivity contribution in [2.75, 3.05) is 26.1 Å². The minimum Gasteiger partial charge on any atom is -0.493 e. The minimum atomic E-state index is -0.340. The van der Waals surface area contributed by atoms with Crippen molar-refractivity contribution < 1.29 is 19.0 Å². The Morgan fingerprint density at radius 1 is 1.19 bits per heavy atom. The molecular formula is C19H19N3O4S. The molecule has 0 saturated heterocycles. The maximum absolute atomic E-state index is 12.6. The summed E-state index contributed by atoms with van der Waals surface area (Å²) in [6.45, 7) is 2.31. The van der Waals surface area contributed by atoms with Gasteiger partial charge in [0.2, 0.25) is 5.88 Å². The predicted octanol–water partition coefficient (Wildman–Crippen LogP) is 3.87. The lowest BCUT2D eigenvalue weighted by atomic mass is 10.2. The van der Waals surface area contributed by atoms with E-state index in [0.29, 0.717) is 40.4 Å². The average Bonchev–Trinajstić information content (AvgIpc) is 3.19. The zero-order chi connectivity index (χ0) is 19.2. The van der Waals surface area contributed by atoms with Crippen molar-refractivity contribution in [1.82, 2.24) is 9.97 Å². The number of carbonyl (C=O) groups is 1. The highest BCUT2D eigenvalue weighted by molar-refractivity contribution is 7.13. The van der Waals surface area contributed by atoms with Crippen molar-refractivity contribution in [3.05, 3.63) is 47.6 Å². The molecule has 1 aromatic carbocycles. The summed E-state index contributed by atoms with van der Waals surface area (Å²) in [5.41, 5.74) is 1.56. The molecule has 0 radical (unpaired) electrons. The zero-order valence-electron chi connectivity index (χ0n) is 15.2. The molecule has 0 bridgehead atoms. The number of methoxy groups -OCH3 is 2. The molecule has 2 aromatic heterocycles. The second-order valence-corrected chi connectivity index (χ2v) is 6.18. The third-order valence-electron chi connectivity index (χ3n) is 3.67. The van der Waals surface area contributed by atoms with Crippen LogP contribution in [0.4, 0.5) is 5.69 Å². The molecule has 0 spiro atoms. The molecule has 3 aromatic rings. The molecule has 2 heterocycles. The highest BCUT2D eigenvalue weighted by Gasteiger charge is 2.18. The lowest BCUT2D eigenvalue weighted by Crippen LogP contribution is -2.13. The molecule has 140 valence electrons. The summed E-state index contributed by atoms with van der Waals surface area (Å²) in [4.78, 5) is 21.2. The quantitative estimate of drug-likeness (QED) is 0.665. The van der Waals surface area contributed by atoms with Crippen LogP contribution in [0.5, 0.6) is 17.4 Å². The van der Waals surface area contributed by atoms with Crippen LogP contribution in [-0.4, -0.2) is 36.7 Å². The summed E-state index contributed by atoms with van der Waals surface area (Å²) < 4.78 is 16.2. The Hall–Kier alpha value is -3.13. The Kier molecular flexibility index (Phi) is 5.87. The first-order valence-electron chi connectivity index (χ1n) is 8.24. The maximum Gasteiger partial charge on any atom is 0.275 e.